The highest BCUT2D eigenvalue weighted by molar-refractivity contribution is 8.01. The number of hydrogen-bond donors (Lipinski definition) is 2. The fourth-order valence-electron chi connectivity index (χ4n) is 7.65. The molecular weight excluding hydrogens is 685 g/mol. The van der Waals surface area contributed by atoms with Crippen LogP contribution in [-0.4, -0.2) is 103 Å². The van der Waals surface area contributed by atoms with Gasteiger partial charge >= 0.3 is 11.9 Å². The molecule has 0 aromatic carbocycles. The number of piperazine rings is 1. The van der Waals surface area contributed by atoms with Gasteiger partial charge in [-0.1, -0.05) is 52.4 Å². The lowest BCUT2D eigenvalue weighted by atomic mass is 10.0. The summed E-state index contributed by atoms with van der Waals surface area (Å²) in [6.07, 6.45) is 15.1. The average molecular weight is 735 g/mol. The first-order valence-corrected chi connectivity index (χ1v) is 20.1. The molecule has 2 N–H and O–H groups in total. The highest BCUT2D eigenvalue weighted by Gasteiger charge is 2.73. The lowest BCUT2D eigenvalue weighted by molar-refractivity contribution is -0.172. The number of thioether (sulfide) groups is 2. The Labute approximate surface area is 302 Å². The van der Waals surface area contributed by atoms with Gasteiger partial charge in [-0.25, -0.2) is 0 Å². The molecule has 50 heavy (non-hydrogen) atoms. The van der Waals surface area contributed by atoms with Crippen molar-refractivity contribution in [1.82, 2.24) is 9.80 Å². The van der Waals surface area contributed by atoms with Crippen LogP contribution in [0, 0.1) is 0 Å². The summed E-state index contributed by atoms with van der Waals surface area (Å²) in [5.41, 5.74) is 1.23. The third kappa shape index (κ3) is 7.35. The highest BCUT2D eigenvalue weighted by atomic mass is 32.2. The number of amides is 2. The molecule has 0 aliphatic carbocycles. The van der Waals surface area contributed by atoms with Gasteiger partial charge in [0.25, 0.3) is 11.8 Å². The van der Waals surface area contributed by atoms with Crippen molar-refractivity contribution in [3.8, 4) is 0 Å². The number of aliphatic hydroxyl groups excluding tert-OH is 2. The maximum Gasteiger partial charge on any atom is 0.309 e. The van der Waals surface area contributed by atoms with Crippen molar-refractivity contribution < 1.29 is 48.3 Å². The Hall–Kier alpha value is -2.94. The second kappa shape index (κ2) is 16.6. The molecule has 276 valence electrons. The first kappa shape index (κ1) is 38.3. The summed E-state index contributed by atoms with van der Waals surface area (Å²) in [6.45, 7) is 4.13. The molecule has 5 rings (SSSR count). The van der Waals surface area contributed by atoms with E-state index in [0.29, 0.717) is 24.0 Å². The number of esters is 2. The molecule has 5 heterocycles. The standard InChI is InChI=1S/C36H50N2O10S2/c1-5-7-9-11-25(39)17-29(41)47-27-13-15-45-21-23-19-35(49-3)34(44)38-32-24(20-36(38,50-4)33(43)37(35)31(23)27)22-46-16-14-28(32)48-30(42)18-26(40)12-10-8-6-2/h13-16,21-22,25-28,31-32,39-40H,5-12,17-20H2,1-4H3. The van der Waals surface area contributed by atoms with Crippen LogP contribution in [0.1, 0.15) is 90.9 Å². The number of unbranched alkanes of at least 4 members (excludes halogenated alkanes) is 4. The molecule has 5 aliphatic rings. The topological polar surface area (TPSA) is 152 Å². The van der Waals surface area contributed by atoms with Crippen LogP contribution in [0.15, 0.2) is 48.3 Å². The Morgan fingerprint density at radius 3 is 1.54 bits per heavy atom. The minimum absolute atomic E-state index is 0.117. The molecule has 0 bridgehead atoms. The Morgan fingerprint density at radius 2 is 1.18 bits per heavy atom. The SMILES string of the molecule is CCCCCC(O)CC(=O)OC1C=COC=C2CC3(SC)C(=O)N4C5C(=COC=CC5OC(=O)CC(O)CCCCC)CC4(SC)C(=O)N3C21. The largest absolute Gasteiger partial charge is 0.473 e. The van der Waals surface area contributed by atoms with Gasteiger partial charge in [-0.15, -0.1) is 23.5 Å². The second-order valence-corrected chi connectivity index (χ2v) is 15.7. The van der Waals surface area contributed by atoms with Crippen LogP contribution < -0.4 is 0 Å². The van der Waals surface area contributed by atoms with E-state index in [9.17, 15) is 19.8 Å². The Kier molecular flexibility index (Phi) is 12.7. The highest BCUT2D eigenvalue weighted by Crippen LogP contribution is 2.59. The quantitative estimate of drug-likeness (QED) is 0.168. The van der Waals surface area contributed by atoms with E-state index in [1.54, 1.807) is 34.5 Å². The van der Waals surface area contributed by atoms with Crippen LogP contribution in [0.25, 0.3) is 0 Å². The number of fused-ring (bicyclic) bond motifs is 6. The molecule has 0 saturated carbocycles. The zero-order chi connectivity index (χ0) is 36.1. The average Bonchev–Trinajstić information content (AvgIpc) is 3.46. The van der Waals surface area contributed by atoms with E-state index in [2.05, 4.69) is 13.8 Å². The molecule has 5 aliphatic heterocycles. The minimum Gasteiger partial charge on any atom is -0.473 e. The molecule has 3 fully saturated rings. The van der Waals surface area contributed by atoms with Gasteiger partial charge in [0.1, 0.15) is 12.2 Å². The van der Waals surface area contributed by atoms with Crippen LogP contribution in [0.2, 0.25) is 0 Å². The number of ether oxygens (including phenoxy) is 4. The Morgan fingerprint density at radius 1 is 0.780 bits per heavy atom. The van der Waals surface area contributed by atoms with E-state index >= 15 is 9.59 Å². The predicted octanol–water partition coefficient (Wildman–Crippen LogP) is 4.66. The third-order valence-electron chi connectivity index (χ3n) is 10.1. The van der Waals surface area contributed by atoms with Gasteiger partial charge in [0, 0.05) is 12.8 Å². The molecule has 0 radical (unpaired) electrons. The molecule has 0 aromatic heterocycles. The molecule has 0 spiro atoms. The minimum atomic E-state index is -1.41. The molecule has 0 aromatic rings. The van der Waals surface area contributed by atoms with Crippen LogP contribution >= 0.6 is 23.5 Å². The van der Waals surface area contributed by atoms with E-state index in [1.807, 2.05) is 0 Å². The number of rotatable bonds is 16. The van der Waals surface area contributed by atoms with Crippen LogP contribution in [0.4, 0.5) is 0 Å². The molecule has 14 heteroatoms. The fourth-order valence-corrected chi connectivity index (χ4v) is 9.60. The van der Waals surface area contributed by atoms with Crippen molar-refractivity contribution in [1.29, 1.82) is 0 Å². The summed E-state index contributed by atoms with van der Waals surface area (Å²) in [5.74, 6) is -1.92. The number of carbonyl (C=O) groups is 4. The second-order valence-electron chi connectivity index (χ2n) is 13.5. The lowest BCUT2D eigenvalue weighted by Gasteiger charge is -2.54. The zero-order valence-electron chi connectivity index (χ0n) is 29.3. The molecular formula is C36H50N2O10S2. The van der Waals surface area contributed by atoms with Crippen molar-refractivity contribution in [2.75, 3.05) is 12.5 Å². The van der Waals surface area contributed by atoms with Crippen molar-refractivity contribution in [3.63, 3.8) is 0 Å². The van der Waals surface area contributed by atoms with Gasteiger partial charge in [-0.2, -0.15) is 0 Å². The van der Waals surface area contributed by atoms with E-state index in [1.165, 1.54) is 48.6 Å². The van der Waals surface area contributed by atoms with E-state index in [-0.39, 0.29) is 37.5 Å². The maximum absolute atomic E-state index is 15.1. The van der Waals surface area contributed by atoms with Crippen molar-refractivity contribution in [2.24, 2.45) is 0 Å². The van der Waals surface area contributed by atoms with Crippen LogP contribution in [0.3, 0.4) is 0 Å². The number of nitrogens with zero attached hydrogens (tertiary/aromatic N) is 2. The summed E-state index contributed by atoms with van der Waals surface area (Å²) >= 11 is 2.44. The maximum atomic E-state index is 15.1. The van der Waals surface area contributed by atoms with Gasteiger partial charge in [-0.3, -0.25) is 19.2 Å². The lowest BCUT2D eigenvalue weighted by Crippen LogP contribution is -2.74. The summed E-state index contributed by atoms with van der Waals surface area (Å²) in [7, 11) is 0. The summed E-state index contributed by atoms with van der Waals surface area (Å²) in [4.78, 5) is 56.7. The first-order valence-electron chi connectivity index (χ1n) is 17.6. The fraction of sp³-hybridized carbons (Fsp3) is 0.667. The number of aliphatic hydroxyl groups is 2. The Bertz CT molecular complexity index is 1310. The van der Waals surface area contributed by atoms with E-state index in [4.69, 9.17) is 18.9 Å². The van der Waals surface area contributed by atoms with Gasteiger partial charge < -0.3 is 39.0 Å². The van der Waals surface area contributed by atoms with Gasteiger partial charge in [0.2, 0.25) is 0 Å². The van der Waals surface area contributed by atoms with Gasteiger partial charge in [0.05, 0.1) is 62.2 Å². The zero-order valence-corrected chi connectivity index (χ0v) is 30.9. The van der Waals surface area contributed by atoms with Gasteiger partial charge in [-0.05, 0) is 48.7 Å². The summed E-state index contributed by atoms with van der Waals surface area (Å²) in [6, 6.07) is -1.66. The van der Waals surface area contributed by atoms with Crippen molar-refractivity contribution >= 4 is 47.3 Å². The molecule has 8 atom stereocenters. The Balaban J connectivity index is 1.44. The molecule has 2 amide bonds. The number of hydrogen-bond acceptors (Lipinski definition) is 12. The van der Waals surface area contributed by atoms with Crippen LogP contribution in [0.5, 0.6) is 0 Å². The smallest absolute Gasteiger partial charge is 0.309 e. The van der Waals surface area contributed by atoms with Crippen molar-refractivity contribution in [2.45, 2.75) is 137 Å². The molecule has 3 saturated heterocycles. The van der Waals surface area contributed by atoms with E-state index in [0.717, 1.165) is 38.5 Å². The van der Waals surface area contributed by atoms with Crippen LogP contribution in [-0.2, 0) is 38.1 Å². The summed E-state index contributed by atoms with van der Waals surface area (Å²) in [5, 5.41) is 20.9. The third-order valence-corrected chi connectivity index (χ3v) is 12.5. The van der Waals surface area contributed by atoms with Crippen molar-refractivity contribution in [3.05, 3.63) is 48.3 Å². The predicted molar refractivity (Wildman–Crippen MR) is 189 cm³/mol. The normalized spacial score (nSPS) is 30.8. The van der Waals surface area contributed by atoms with Gasteiger partial charge in [0.15, 0.2) is 9.74 Å². The summed E-state index contributed by atoms with van der Waals surface area (Å²) < 4.78 is 23.1. The monoisotopic (exact) mass is 734 g/mol. The number of carbonyl (C=O) groups excluding carboxylic acids is 4. The molecule has 12 nitrogen and oxygen atoms in total. The molecule has 8 unspecified atom stereocenters. The first-order chi connectivity index (χ1) is 24.1. The van der Waals surface area contributed by atoms with E-state index < -0.39 is 58.2 Å².